The van der Waals surface area contributed by atoms with Gasteiger partial charge in [-0.3, -0.25) is 0 Å². The number of unbranched alkanes of at least 4 members (excludes halogenated alkanes) is 4. The fourth-order valence-electron chi connectivity index (χ4n) is 0.887. The second kappa shape index (κ2) is 9.52. The molecule has 0 N–H and O–H groups in total. The van der Waals surface area contributed by atoms with Gasteiger partial charge in [-0.2, -0.15) is 0 Å². The normalized spacial score (nSPS) is 9.45. The molecule has 0 fully saturated rings. The first-order chi connectivity index (χ1) is 5.41. The Morgan fingerprint density at radius 2 is 1.91 bits per heavy atom. The molecule has 11 heavy (non-hydrogen) atoms. The average Bonchev–Trinajstić information content (AvgIpc) is 2.03. The van der Waals surface area contributed by atoms with Crippen LogP contribution in [0.1, 0.15) is 32.1 Å². The van der Waals surface area contributed by atoms with Crippen LogP contribution in [0.2, 0.25) is 0 Å². The largest absolute Gasteiger partial charge is 0.381 e. The van der Waals surface area contributed by atoms with Crippen molar-refractivity contribution >= 4 is 0 Å². The first kappa shape index (κ1) is 10.5. The standard InChI is InChI=1S/C10H17O/c1-3-5-6-7-8-9-10-11-4-2/h1H,2,4-10H2. The second-order valence-corrected chi connectivity index (χ2v) is 2.48. The van der Waals surface area contributed by atoms with Gasteiger partial charge in [0.15, 0.2) is 0 Å². The molecule has 1 radical (unpaired) electrons. The topological polar surface area (TPSA) is 9.23 Å². The Balaban J connectivity index is 2.75. The monoisotopic (exact) mass is 153 g/mol. The fourth-order valence-corrected chi connectivity index (χ4v) is 0.887. The molecule has 0 aliphatic carbocycles. The van der Waals surface area contributed by atoms with Crippen LogP contribution in [0.4, 0.5) is 0 Å². The van der Waals surface area contributed by atoms with Gasteiger partial charge in [-0.25, -0.2) is 0 Å². The minimum atomic E-state index is 0.588. The summed E-state index contributed by atoms with van der Waals surface area (Å²) >= 11 is 0. The summed E-state index contributed by atoms with van der Waals surface area (Å²) in [5.74, 6) is 2.63. The van der Waals surface area contributed by atoms with E-state index < -0.39 is 0 Å². The summed E-state index contributed by atoms with van der Waals surface area (Å²) in [7, 11) is 0. The molecule has 1 nitrogen and oxygen atoms in total. The van der Waals surface area contributed by atoms with Crippen LogP contribution in [0.3, 0.4) is 0 Å². The van der Waals surface area contributed by atoms with Crippen molar-refractivity contribution in [2.75, 3.05) is 13.2 Å². The SMILES string of the molecule is C#CCCCCCCOC[CH2]. The summed E-state index contributed by atoms with van der Waals surface area (Å²) in [5.41, 5.74) is 0. The third-order valence-corrected chi connectivity index (χ3v) is 1.50. The van der Waals surface area contributed by atoms with Crippen LogP contribution in [0.5, 0.6) is 0 Å². The predicted molar refractivity (Wildman–Crippen MR) is 48.1 cm³/mol. The zero-order valence-corrected chi connectivity index (χ0v) is 7.14. The Bertz CT molecular complexity index is 102. The summed E-state index contributed by atoms with van der Waals surface area (Å²) in [6.07, 6.45) is 10.8. The third-order valence-electron chi connectivity index (χ3n) is 1.50. The van der Waals surface area contributed by atoms with Crippen molar-refractivity contribution in [2.45, 2.75) is 32.1 Å². The van der Waals surface area contributed by atoms with E-state index in [4.69, 9.17) is 11.2 Å². The van der Waals surface area contributed by atoms with E-state index in [1.54, 1.807) is 0 Å². The van der Waals surface area contributed by atoms with Gasteiger partial charge in [-0.05, 0) is 19.8 Å². The minimum Gasteiger partial charge on any atom is -0.381 e. The lowest BCUT2D eigenvalue weighted by atomic mass is 10.1. The highest BCUT2D eigenvalue weighted by Gasteiger charge is 1.88. The van der Waals surface area contributed by atoms with Crippen LogP contribution >= 0.6 is 0 Å². The lowest BCUT2D eigenvalue weighted by Crippen LogP contribution is -1.92. The van der Waals surface area contributed by atoms with Gasteiger partial charge >= 0.3 is 0 Å². The Morgan fingerprint density at radius 1 is 1.18 bits per heavy atom. The maximum absolute atomic E-state index is 5.11. The van der Waals surface area contributed by atoms with Gasteiger partial charge in [0.25, 0.3) is 0 Å². The van der Waals surface area contributed by atoms with Crippen molar-refractivity contribution in [3.05, 3.63) is 6.92 Å². The van der Waals surface area contributed by atoms with Crippen molar-refractivity contribution in [3.63, 3.8) is 0 Å². The van der Waals surface area contributed by atoms with Gasteiger partial charge < -0.3 is 4.74 Å². The molecule has 63 valence electrons. The molecule has 0 amide bonds. The van der Waals surface area contributed by atoms with Crippen LogP contribution in [0.25, 0.3) is 0 Å². The average molecular weight is 153 g/mol. The van der Waals surface area contributed by atoms with Gasteiger partial charge in [0.05, 0.1) is 0 Å². The van der Waals surface area contributed by atoms with Crippen molar-refractivity contribution in [2.24, 2.45) is 0 Å². The van der Waals surface area contributed by atoms with Gasteiger partial charge in [0, 0.05) is 19.6 Å². The Hall–Kier alpha value is -0.480. The molecule has 0 aromatic carbocycles. The van der Waals surface area contributed by atoms with Crippen LogP contribution in [0.15, 0.2) is 0 Å². The van der Waals surface area contributed by atoms with Crippen LogP contribution in [-0.2, 0) is 4.74 Å². The van der Waals surface area contributed by atoms with E-state index in [-0.39, 0.29) is 0 Å². The molecular weight excluding hydrogens is 136 g/mol. The van der Waals surface area contributed by atoms with E-state index >= 15 is 0 Å². The van der Waals surface area contributed by atoms with Gasteiger partial charge in [0.2, 0.25) is 0 Å². The molecule has 0 aliphatic heterocycles. The highest BCUT2D eigenvalue weighted by atomic mass is 16.5. The summed E-state index contributed by atoms with van der Waals surface area (Å²) < 4.78 is 5.09. The molecule has 0 atom stereocenters. The Labute approximate surface area is 70.1 Å². The van der Waals surface area contributed by atoms with E-state index in [1.807, 2.05) is 0 Å². The van der Waals surface area contributed by atoms with Gasteiger partial charge in [-0.15, -0.1) is 12.3 Å². The lowest BCUT2D eigenvalue weighted by molar-refractivity contribution is 0.156. The molecule has 0 heterocycles. The molecule has 0 rings (SSSR count). The first-order valence-electron chi connectivity index (χ1n) is 4.22. The van der Waals surface area contributed by atoms with Crippen molar-refractivity contribution in [3.8, 4) is 12.3 Å². The molecule has 0 spiro atoms. The van der Waals surface area contributed by atoms with Crippen LogP contribution in [0, 0.1) is 19.3 Å². The van der Waals surface area contributed by atoms with Crippen molar-refractivity contribution < 1.29 is 4.74 Å². The maximum Gasteiger partial charge on any atom is 0.0466 e. The van der Waals surface area contributed by atoms with Gasteiger partial charge in [0.1, 0.15) is 0 Å². The van der Waals surface area contributed by atoms with E-state index in [0.717, 1.165) is 25.9 Å². The van der Waals surface area contributed by atoms with E-state index in [1.165, 1.54) is 12.8 Å². The van der Waals surface area contributed by atoms with Crippen LogP contribution in [-0.4, -0.2) is 13.2 Å². The molecule has 0 saturated carbocycles. The molecule has 0 aromatic rings. The Morgan fingerprint density at radius 3 is 2.55 bits per heavy atom. The number of hydrogen-bond acceptors (Lipinski definition) is 1. The zero-order valence-electron chi connectivity index (χ0n) is 7.14. The third kappa shape index (κ3) is 9.52. The number of terminal acetylenes is 1. The molecule has 0 aliphatic rings. The molecule has 0 saturated heterocycles. The van der Waals surface area contributed by atoms with E-state index in [0.29, 0.717) is 6.61 Å². The predicted octanol–water partition coefficient (Wildman–Crippen LogP) is 2.42. The lowest BCUT2D eigenvalue weighted by Gasteiger charge is -1.99. The highest BCUT2D eigenvalue weighted by molar-refractivity contribution is 4.82. The number of hydrogen-bond donors (Lipinski definition) is 0. The summed E-state index contributed by atoms with van der Waals surface area (Å²) in [6, 6.07) is 0. The first-order valence-corrected chi connectivity index (χ1v) is 4.22. The minimum absolute atomic E-state index is 0.588. The quantitative estimate of drug-likeness (QED) is 0.403. The highest BCUT2D eigenvalue weighted by Crippen LogP contribution is 2.01. The Kier molecular flexibility index (Phi) is 9.10. The van der Waals surface area contributed by atoms with E-state index in [9.17, 15) is 0 Å². The summed E-state index contributed by atoms with van der Waals surface area (Å²) in [5, 5.41) is 0. The second-order valence-electron chi connectivity index (χ2n) is 2.48. The van der Waals surface area contributed by atoms with E-state index in [2.05, 4.69) is 12.8 Å². The molecule has 1 heteroatoms. The van der Waals surface area contributed by atoms with Gasteiger partial charge in [-0.1, -0.05) is 12.8 Å². The number of rotatable bonds is 7. The molecule has 0 unspecified atom stereocenters. The van der Waals surface area contributed by atoms with Crippen molar-refractivity contribution in [1.82, 2.24) is 0 Å². The smallest absolute Gasteiger partial charge is 0.0466 e. The maximum atomic E-state index is 5.11. The summed E-state index contributed by atoms with van der Waals surface area (Å²) in [4.78, 5) is 0. The number of ether oxygens (including phenoxy) is 1. The molecule has 0 aromatic heterocycles. The zero-order chi connectivity index (χ0) is 8.36. The van der Waals surface area contributed by atoms with Crippen LogP contribution < -0.4 is 0 Å². The summed E-state index contributed by atoms with van der Waals surface area (Å²) in [6.45, 7) is 5.02. The molecular formula is C10H17O. The fraction of sp³-hybridized carbons (Fsp3) is 0.700. The molecule has 0 bridgehead atoms. The van der Waals surface area contributed by atoms with Crippen molar-refractivity contribution in [1.29, 1.82) is 0 Å².